The number of rotatable bonds is 2. The number of amides is 2. The molecule has 0 radical (unpaired) electrons. The van der Waals surface area contributed by atoms with Gasteiger partial charge in [-0.05, 0) is 6.42 Å². The van der Waals surface area contributed by atoms with Crippen molar-refractivity contribution in [2.75, 3.05) is 6.61 Å². The van der Waals surface area contributed by atoms with E-state index in [2.05, 4.69) is 0 Å². The predicted octanol–water partition coefficient (Wildman–Crippen LogP) is -0.344. The fraction of sp³-hybridized carbons (Fsp3) is 0.750. The molecule has 2 rings (SSSR count). The average molecular weight is 201 g/mol. The predicted molar refractivity (Wildman–Crippen MR) is 42.1 cm³/mol. The van der Waals surface area contributed by atoms with E-state index in [4.69, 9.17) is 14.7 Å². The molecule has 2 heterocycles. The zero-order valence-electron chi connectivity index (χ0n) is 7.51. The molecule has 0 aliphatic carbocycles. The lowest BCUT2D eigenvalue weighted by Crippen LogP contribution is -2.31. The van der Waals surface area contributed by atoms with Crippen LogP contribution in [0.3, 0.4) is 0 Å². The van der Waals surface area contributed by atoms with Gasteiger partial charge in [0.2, 0.25) is 0 Å². The SMILES string of the molecule is O=C1C[C@H](OC2CCCO2)C(=O)N1O. The summed E-state index contributed by atoms with van der Waals surface area (Å²) in [5.41, 5.74) is 0. The molecule has 1 N–H and O–H groups in total. The molecule has 2 amide bonds. The third kappa shape index (κ3) is 1.63. The van der Waals surface area contributed by atoms with Gasteiger partial charge >= 0.3 is 0 Å². The highest BCUT2D eigenvalue weighted by molar-refractivity contribution is 6.03. The van der Waals surface area contributed by atoms with Crippen molar-refractivity contribution in [3.8, 4) is 0 Å². The zero-order chi connectivity index (χ0) is 10.1. The summed E-state index contributed by atoms with van der Waals surface area (Å²) in [6.07, 6.45) is 0.222. The normalized spacial score (nSPS) is 33.1. The molecular weight excluding hydrogens is 190 g/mol. The van der Waals surface area contributed by atoms with Crippen LogP contribution >= 0.6 is 0 Å². The summed E-state index contributed by atoms with van der Waals surface area (Å²) in [4.78, 5) is 22.1. The summed E-state index contributed by atoms with van der Waals surface area (Å²) in [6.45, 7) is 0.613. The van der Waals surface area contributed by atoms with E-state index in [1.54, 1.807) is 0 Å². The molecule has 14 heavy (non-hydrogen) atoms. The number of imide groups is 1. The lowest BCUT2D eigenvalue weighted by atomic mass is 10.3. The number of nitrogens with zero attached hydrogens (tertiary/aromatic N) is 1. The number of carbonyl (C=O) groups is 2. The first-order chi connectivity index (χ1) is 6.68. The summed E-state index contributed by atoms with van der Waals surface area (Å²) >= 11 is 0. The minimum atomic E-state index is -0.879. The summed E-state index contributed by atoms with van der Waals surface area (Å²) in [7, 11) is 0. The van der Waals surface area contributed by atoms with Crippen molar-refractivity contribution >= 4 is 11.8 Å². The number of ether oxygens (including phenoxy) is 2. The molecule has 0 bridgehead atoms. The Bertz CT molecular complexity index is 260. The Kier molecular flexibility index (Phi) is 2.49. The number of hydrogen-bond acceptors (Lipinski definition) is 5. The van der Waals surface area contributed by atoms with Crippen LogP contribution in [0.15, 0.2) is 0 Å². The van der Waals surface area contributed by atoms with Crippen molar-refractivity contribution in [2.45, 2.75) is 31.7 Å². The molecule has 78 valence electrons. The average Bonchev–Trinajstić information content (AvgIpc) is 2.73. The molecule has 0 aromatic rings. The highest BCUT2D eigenvalue weighted by atomic mass is 16.7. The fourth-order valence-corrected chi connectivity index (χ4v) is 1.54. The van der Waals surface area contributed by atoms with E-state index in [-0.39, 0.29) is 11.5 Å². The second-order valence-electron chi connectivity index (χ2n) is 3.32. The van der Waals surface area contributed by atoms with Crippen molar-refractivity contribution < 1.29 is 24.3 Å². The van der Waals surface area contributed by atoms with E-state index in [0.29, 0.717) is 6.61 Å². The molecule has 2 saturated heterocycles. The Hall–Kier alpha value is -0.980. The van der Waals surface area contributed by atoms with Crippen LogP contribution in [0.4, 0.5) is 0 Å². The molecule has 6 heteroatoms. The zero-order valence-corrected chi connectivity index (χ0v) is 7.51. The maximum Gasteiger partial charge on any atom is 0.283 e. The lowest BCUT2D eigenvalue weighted by molar-refractivity contribution is -0.183. The Morgan fingerprint density at radius 2 is 2.29 bits per heavy atom. The Labute approximate surface area is 80.3 Å². The molecule has 0 spiro atoms. The third-order valence-electron chi connectivity index (χ3n) is 2.28. The van der Waals surface area contributed by atoms with Gasteiger partial charge in [0.15, 0.2) is 12.4 Å². The summed E-state index contributed by atoms with van der Waals surface area (Å²) in [5.74, 6) is -1.33. The smallest absolute Gasteiger partial charge is 0.283 e. The van der Waals surface area contributed by atoms with Gasteiger partial charge in [-0.3, -0.25) is 14.8 Å². The molecule has 2 aliphatic rings. The van der Waals surface area contributed by atoms with Crippen LogP contribution < -0.4 is 0 Å². The molecule has 1 unspecified atom stereocenters. The van der Waals surface area contributed by atoms with Crippen LogP contribution in [-0.2, 0) is 19.1 Å². The van der Waals surface area contributed by atoms with Crippen LogP contribution in [-0.4, -0.2) is 41.1 Å². The van der Waals surface area contributed by atoms with E-state index in [1.165, 1.54) is 0 Å². The second kappa shape index (κ2) is 3.64. The van der Waals surface area contributed by atoms with Crippen molar-refractivity contribution in [1.82, 2.24) is 5.06 Å². The second-order valence-corrected chi connectivity index (χ2v) is 3.32. The van der Waals surface area contributed by atoms with E-state index in [9.17, 15) is 9.59 Å². The molecule has 0 aromatic carbocycles. The van der Waals surface area contributed by atoms with Crippen LogP contribution in [0.5, 0.6) is 0 Å². The molecule has 2 fully saturated rings. The highest BCUT2D eigenvalue weighted by Crippen LogP contribution is 2.21. The van der Waals surface area contributed by atoms with Gasteiger partial charge in [-0.25, -0.2) is 0 Å². The van der Waals surface area contributed by atoms with Gasteiger partial charge < -0.3 is 9.47 Å². The third-order valence-corrected chi connectivity index (χ3v) is 2.28. The minimum absolute atomic E-state index is 0.102. The highest BCUT2D eigenvalue weighted by Gasteiger charge is 2.40. The Morgan fingerprint density at radius 3 is 2.79 bits per heavy atom. The van der Waals surface area contributed by atoms with Gasteiger partial charge in [-0.1, -0.05) is 0 Å². The minimum Gasteiger partial charge on any atom is -0.353 e. The van der Waals surface area contributed by atoms with Gasteiger partial charge in [0.05, 0.1) is 6.42 Å². The maximum atomic E-state index is 11.2. The first kappa shape index (κ1) is 9.57. The molecular formula is C8H11NO5. The Balaban J connectivity index is 1.92. The van der Waals surface area contributed by atoms with Crippen molar-refractivity contribution in [1.29, 1.82) is 0 Å². The Morgan fingerprint density at radius 1 is 1.50 bits per heavy atom. The topological polar surface area (TPSA) is 76.1 Å². The first-order valence-electron chi connectivity index (χ1n) is 4.51. The number of carbonyl (C=O) groups excluding carboxylic acids is 2. The lowest BCUT2D eigenvalue weighted by Gasteiger charge is -2.14. The molecule has 2 aliphatic heterocycles. The summed E-state index contributed by atoms with van der Waals surface area (Å²) in [6, 6.07) is 0. The van der Waals surface area contributed by atoms with Gasteiger partial charge in [-0.15, -0.1) is 0 Å². The maximum absolute atomic E-state index is 11.2. The molecule has 0 aromatic heterocycles. The standard InChI is InChI=1S/C8H11NO5/c10-6-4-5(8(11)9(6)12)14-7-2-1-3-13-7/h5,7,12H,1-4H2/t5-,7?/m0/s1. The van der Waals surface area contributed by atoms with Gasteiger partial charge in [-0.2, -0.15) is 5.06 Å². The molecule has 2 atom stereocenters. The largest absolute Gasteiger partial charge is 0.353 e. The van der Waals surface area contributed by atoms with Crippen LogP contribution in [0.1, 0.15) is 19.3 Å². The fourth-order valence-electron chi connectivity index (χ4n) is 1.54. The van der Waals surface area contributed by atoms with Gasteiger partial charge in [0, 0.05) is 13.0 Å². The number of hydrogen-bond donors (Lipinski definition) is 1. The summed E-state index contributed by atoms with van der Waals surface area (Å²) in [5, 5.41) is 9.03. The van der Waals surface area contributed by atoms with E-state index in [1.807, 2.05) is 0 Å². The van der Waals surface area contributed by atoms with Gasteiger partial charge in [0.1, 0.15) is 0 Å². The summed E-state index contributed by atoms with van der Waals surface area (Å²) < 4.78 is 10.4. The number of hydroxylamine groups is 2. The van der Waals surface area contributed by atoms with Crippen LogP contribution in [0.2, 0.25) is 0 Å². The monoisotopic (exact) mass is 201 g/mol. The van der Waals surface area contributed by atoms with E-state index in [0.717, 1.165) is 12.8 Å². The van der Waals surface area contributed by atoms with E-state index < -0.39 is 24.2 Å². The molecule has 6 nitrogen and oxygen atoms in total. The van der Waals surface area contributed by atoms with Crippen molar-refractivity contribution in [3.63, 3.8) is 0 Å². The molecule has 0 saturated carbocycles. The first-order valence-corrected chi connectivity index (χ1v) is 4.51. The van der Waals surface area contributed by atoms with Gasteiger partial charge in [0.25, 0.3) is 11.8 Å². The van der Waals surface area contributed by atoms with Crippen molar-refractivity contribution in [3.05, 3.63) is 0 Å². The van der Waals surface area contributed by atoms with Crippen molar-refractivity contribution in [2.24, 2.45) is 0 Å². The van der Waals surface area contributed by atoms with E-state index >= 15 is 0 Å². The van der Waals surface area contributed by atoms with Crippen LogP contribution in [0, 0.1) is 0 Å². The quantitative estimate of drug-likeness (QED) is 0.488. The van der Waals surface area contributed by atoms with Crippen LogP contribution in [0.25, 0.3) is 0 Å².